The van der Waals surface area contributed by atoms with Gasteiger partial charge >= 0.3 is 6.18 Å². The van der Waals surface area contributed by atoms with Gasteiger partial charge in [0.2, 0.25) is 10.1 Å². The van der Waals surface area contributed by atoms with Crippen molar-refractivity contribution in [1.29, 1.82) is 0 Å². The van der Waals surface area contributed by atoms with Crippen LogP contribution in [-0.2, 0) is 6.18 Å². The molecule has 17 heavy (non-hydrogen) atoms. The standard InChI is InChI=1S/C10H14F3N3S/c1-8(2)5(9(8,3)4)14-7-16-15-6(17-7)10(11,12)13/h5H,1-4H3,(H,14,16). The third-order valence-electron chi connectivity index (χ3n) is 3.96. The summed E-state index contributed by atoms with van der Waals surface area (Å²) in [7, 11) is 0. The highest BCUT2D eigenvalue weighted by atomic mass is 32.1. The maximum atomic E-state index is 12.3. The average Bonchev–Trinajstić information content (AvgIpc) is 2.58. The lowest BCUT2D eigenvalue weighted by Gasteiger charge is -2.02. The molecule has 1 saturated carbocycles. The second kappa shape index (κ2) is 3.34. The second-order valence-corrected chi connectivity index (χ2v) is 6.41. The molecule has 0 amide bonds. The molecule has 0 radical (unpaired) electrons. The van der Waals surface area contributed by atoms with E-state index in [2.05, 4.69) is 43.2 Å². The molecule has 0 aromatic carbocycles. The van der Waals surface area contributed by atoms with Crippen LogP contribution in [0.5, 0.6) is 0 Å². The fourth-order valence-electron chi connectivity index (χ4n) is 2.08. The van der Waals surface area contributed by atoms with Crippen molar-refractivity contribution < 1.29 is 13.2 Å². The molecule has 1 aliphatic rings. The van der Waals surface area contributed by atoms with Crippen molar-refractivity contribution in [3.63, 3.8) is 0 Å². The Hall–Kier alpha value is -0.850. The number of anilines is 1. The summed E-state index contributed by atoms with van der Waals surface area (Å²) in [4.78, 5) is 0. The number of hydrogen-bond acceptors (Lipinski definition) is 4. The van der Waals surface area contributed by atoms with E-state index in [1.54, 1.807) is 0 Å². The molecule has 0 unspecified atom stereocenters. The average molecular weight is 265 g/mol. The minimum absolute atomic E-state index is 0.0526. The van der Waals surface area contributed by atoms with E-state index in [1.807, 2.05) is 0 Å². The lowest BCUT2D eigenvalue weighted by molar-refractivity contribution is -0.138. The third-order valence-corrected chi connectivity index (χ3v) is 4.86. The van der Waals surface area contributed by atoms with Gasteiger partial charge in [0.1, 0.15) is 0 Å². The molecule has 0 saturated heterocycles. The fourth-order valence-corrected chi connectivity index (χ4v) is 2.72. The first-order valence-electron chi connectivity index (χ1n) is 5.24. The molecule has 1 aromatic heterocycles. The van der Waals surface area contributed by atoms with Gasteiger partial charge in [-0.15, -0.1) is 10.2 Å². The summed E-state index contributed by atoms with van der Waals surface area (Å²) in [5.74, 6) is 0. The third kappa shape index (κ3) is 1.90. The zero-order chi connectivity index (χ0) is 13.1. The molecular weight excluding hydrogens is 251 g/mol. The Kier molecular flexibility index (Phi) is 2.47. The van der Waals surface area contributed by atoms with Gasteiger partial charge in [-0.3, -0.25) is 0 Å². The van der Waals surface area contributed by atoms with Crippen molar-refractivity contribution in [3.8, 4) is 0 Å². The monoisotopic (exact) mass is 265 g/mol. The first kappa shape index (κ1) is 12.6. The normalized spacial score (nSPS) is 22.5. The molecule has 0 spiro atoms. The first-order chi connectivity index (χ1) is 7.57. The highest BCUT2D eigenvalue weighted by Crippen LogP contribution is 2.63. The van der Waals surface area contributed by atoms with Crippen LogP contribution in [-0.4, -0.2) is 16.2 Å². The molecule has 0 aliphatic heterocycles. The number of hydrogen-bond donors (Lipinski definition) is 1. The first-order valence-corrected chi connectivity index (χ1v) is 6.05. The van der Waals surface area contributed by atoms with Gasteiger partial charge in [-0.1, -0.05) is 39.0 Å². The van der Waals surface area contributed by atoms with Gasteiger partial charge in [-0.05, 0) is 10.8 Å². The van der Waals surface area contributed by atoms with Crippen LogP contribution in [0, 0.1) is 10.8 Å². The summed E-state index contributed by atoms with van der Waals surface area (Å²) < 4.78 is 37.0. The van der Waals surface area contributed by atoms with Crippen LogP contribution < -0.4 is 5.32 Å². The Morgan fingerprint density at radius 1 is 1.12 bits per heavy atom. The predicted molar refractivity (Wildman–Crippen MR) is 59.9 cm³/mol. The summed E-state index contributed by atoms with van der Waals surface area (Å²) in [5, 5.41) is 9.04. The summed E-state index contributed by atoms with van der Waals surface area (Å²) in [6.07, 6.45) is -4.41. The number of nitrogens with zero attached hydrogens (tertiary/aromatic N) is 2. The van der Waals surface area contributed by atoms with E-state index in [4.69, 9.17) is 0 Å². The quantitative estimate of drug-likeness (QED) is 0.890. The van der Waals surface area contributed by atoms with Crippen LogP contribution in [0.2, 0.25) is 0 Å². The van der Waals surface area contributed by atoms with E-state index in [0.29, 0.717) is 11.3 Å². The minimum Gasteiger partial charge on any atom is -0.356 e. The number of aromatic nitrogens is 2. The Balaban J connectivity index is 2.10. The van der Waals surface area contributed by atoms with Gasteiger partial charge < -0.3 is 5.32 Å². The van der Waals surface area contributed by atoms with E-state index in [1.165, 1.54) is 0 Å². The molecule has 0 bridgehead atoms. The van der Waals surface area contributed by atoms with Crippen LogP contribution in [0.1, 0.15) is 32.7 Å². The Bertz CT molecular complexity index is 422. The predicted octanol–water partition coefficient (Wildman–Crippen LogP) is 3.40. The molecule has 1 fully saturated rings. The SMILES string of the molecule is CC1(C)C(Nc2nnc(C(F)(F)F)s2)C1(C)C. The van der Waals surface area contributed by atoms with Gasteiger partial charge in [0.05, 0.1) is 0 Å². The molecule has 1 aliphatic carbocycles. The van der Waals surface area contributed by atoms with Crippen LogP contribution in [0.3, 0.4) is 0 Å². The Morgan fingerprint density at radius 3 is 2.00 bits per heavy atom. The van der Waals surface area contributed by atoms with E-state index in [-0.39, 0.29) is 22.0 Å². The molecule has 1 heterocycles. The van der Waals surface area contributed by atoms with E-state index < -0.39 is 11.2 Å². The van der Waals surface area contributed by atoms with E-state index in [0.717, 1.165) is 0 Å². The topological polar surface area (TPSA) is 37.8 Å². The smallest absolute Gasteiger partial charge is 0.356 e. The maximum absolute atomic E-state index is 12.3. The number of rotatable bonds is 2. The molecule has 7 heteroatoms. The van der Waals surface area contributed by atoms with Crippen LogP contribution in [0.25, 0.3) is 0 Å². The van der Waals surface area contributed by atoms with Gasteiger partial charge in [-0.25, -0.2) is 0 Å². The van der Waals surface area contributed by atoms with Gasteiger partial charge in [0.15, 0.2) is 0 Å². The van der Waals surface area contributed by atoms with Gasteiger partial charge in [0.25, 0.3) is 0 Å². The molecule has 1 aromatic rings. The molecule has 3 nitrogen and oxygen atoms in total. The molecule has 1 N–H and O–H groups in total. The summed E-state index contributed by atoms with van der Waals surface area (Å²) in [6.45, 7) is 8.32. The van der Waals surface area contributed by atoms with E-state index in [9.17, 15) is 13.2 Å². The molecular formula is C10H14F3N3S. The fraction of sp³-hybridized carbons (Fsp3) is 0.800. The number of halogens is 3. The van der Waals surface area contributed by atoms with Crippen molar-refractivity contribution in [2.45, 2.75) is 39.9 Å². The highest BCUT2D eigenvalue weighted by Gasteiger charge is 2.65. The Labute approximate surface area is 101 Å². The molecule has 2 rings (SSSR count). The summed E-state index contributed by atoms with van der Waals surface area (Å²) in [5.41, 5.74) is 0.105. The van der Waals surface area contributed by atoms with Crippen LogP contribution in [0.15, 0.2) is 0 Å². The molecule has 96 valence electrons. The summed E-state index contributed by atoms with van der Waals surface area (Å²) in [6, 6.07) is 0.129. The van der Waals surface area contributed by atoms with Crippen molar-refractivity contribution in [3.05, 3.63) is 5.01 Å². The Morgan fingerprint density at radius 2 is 1.65 bits per heavy atom. The van der Waals surface area contributed by atoms with Crippen molar-refractivity contribution in [1.82, 2.24) is 10.2 Å². The number of nitrogens with one attached hydrogen (secondary N) is 1. The summed E-state index contributed by atoms with van der Waals surface area (Å²) >= 11 is 0.551. The van der Waals surface area contributed by atoms with Crippen LogP contribution >= 0.6 is 11.3 Å². The van der Waals surface area contributed by atoms with Crippen molar-refractivity contribution in [2.75, 3.05) is 5.32 Å². The second-order valence-electron chi connectivity index (χ2n) is 5.43. The van der Waals surface area contributed by atoms with Crippen molar-refractivity contribution in [2.24, 2.45) is 10.8 Å². The van der Waals surface area contributed by atoms with Gasteiger partial charge in [-0.2, -0.15) is 13.2 Å². The lowest BCUT2D eigenvalue weighted by atomic mass is 10.0. The van der Waals surface area contributed by atoms with Crippen molar-refractivity contribution >= 4 is 16.5 Å². The highest BCUT2D eigenvalue weighted by molar-refractivity contribution is 7.15. The van der Waals surface area contributed by atoms with Crippen LogP contribution in [0.4, 0.5) is 18.3 Å². The largest absolute Gasteiger partial charge is 0.445 e. The minimum atomic E-state index is -4.41. The zero-order valence-corrected chi connectivity index (χ0v) is 10.8. The van der Waals surface area contributed by atoms with Gasteiger partial charge in [0, 0.05) is 6.04 Å². The lowest BCUT2D eigenvalue weighted by Crippen LogP contribution is -2.09. The maximum Gasteiger partial charge on any atom is 0.445 e. The zero-order valence-electron chi connectivity index (χ0n) is 10.0. The number of alkyl halides is 3. The molecule has 0 atom stereocenters. The van der Waals surface area contributed by atoms with E-state index >= 15 is 0 Å².